The zero-order chi connectivity index (χ0) is 22.4. The van der Waals surface area contributed by atoms with E-state index in [-0.39, 0.29) is 17.4 Å². The Bertz CT molecular complexity index is 1050. The van der Waals surface area contributed by atoms with Gasteiger partial charge in [-0.15, -0.1) is 0 Å². The Labute approximate surface area is 177 Å². The lowest BCUT2D eigenvalue weighted by atomic mass is 10.2. The van der Waals surface area contributed by atoms with Crippen LogP contribution in [0.5, 0.6) is 0 Å². The molecule has 31 heavy (non-hydrogen) atoms. The van der Waals surface area contributed by atoms with Crippen molar-refractivity contribution in [2.24, 2.45) is 0 Å². The van der Waals surface area contributed by atoms with Crippen LogP contribution < -0.4 is 10.0 Å². The van der Waals surface area contributed by atoms with E-state index >= 15 is 0 Å². The molecule has 1 heterocycles. The molecule has 1 aliphatic rings. The number of esters is 1. The summed E-state index contributed by atoms with van der Waals surface area (Å²) in [4.78, 5) is 23.4. The molecule has 0 aliphatic carbocycles. The molecule has 166 valence electrons. The molecule has 1 saturated heterocycles. The number of carbonyl (C=O) groups is 2. The lowest BCUT2D eigenvalue weighted by Gasteiger charge is -2.11. The minimum atomic E-state index is -4.16. The maximum atomic E-state index is 13.3. The Balaban J connectivity index is 1.52. The van der Waals surface area contributed by atoms with Crippen molar-refractivity contribution < 1.29 is 36.3 Å². The molecule has 3 rings (SSSR count). The molecule has 1 amide bonds. The van der Waals surface area contributed by atoms with Crippen LogP contribution in [0.2, 0.25) is 0 Å². The van der Waals surface area contributed by atoms with E-state index in [9.17, 15) is 26.8 Å². The highest BCUT2D eigenvalue weighted by atomic mass is 32.2. The van der Waals surface area contributed by atoms with Crippen LogP contribution in [-0.2, 0) is 24.3 Å². The standard InChI is InChI=1S/C20H20F2N2O6S/c21-17-8-7-16(10-18(17)22)31(27,28)24-14-5-3-13(4-6-14)20(26)30-12-19(25)23-11-15-2-1-9-29-15/h3-8,10,15,24H,1-2,9,11-12H2,(H,23,25)/t15-/m0/s1. The average molecular weight is 454 g/mol. The molecule has 1 atom stereocenters. The van der Waals surface area contributed by atoms with E-state index in [2.05, 4.69) is 10.0 Å². The fraction of sp³-hybridized carbons (Fsp3) is 0.300. The van der Waals surface area contributed by atoms with Crippen molar-refractivity contribution in [1.29, 1.82) is 0 Å². The lowest BCUT2D eigenvalue weighted by molar-refractivity contribution is -0.124. The summed E-state index contributed by atoms with van der Waals surface area (Å²) in [5.74, 6) is -3.68. The van der Waals surface area contributed by atoms with Crippen molar-refractivity contribution in [3.63, 3.8) is 0 Å². The highest BCUT2D eigenvalue weighted by molar-refractivity contribution is 7.92. The van der Waals surface area contributed by atoms with Gasteiger partial charge in [-0.25, -0.2) is 22.0 Å². The number of ether oxygens (including phenoxy) is 2. The quantitative estimate of drug-likeness (QED) is 0.592. The van der Waals surface area contributed by atoms with Gasteiger partial charge in [-0.2, -0.15) is 0 Å². The normalized spacial score (nSPS) is 16.0. The second kappa shape index (κ2) is 9.84. The van der Waals surface area contributed by atoms with E-state index in [0.717, 1.165) is 18.9 Å². The average Bonchev–Trinajstić information content (AvgIpc) is 3.26. The number of hydrogen-bond acceptors (Lipinski definition) is 6. The number of nitrogens with one attached hydrogen (secondary N) is 2. The van der Waals surface area contributed by atoms with Gasteiger partial charge in [0.05, 0.1) is 16.6 Å². The summed E-state index contributed by atoms with van der Waals surface area (Å²) in [5, 5.41) is 2.62. The zero-order valence-electron chi connectivity index (χ0n) is 16.3. The van der Waals surface area contributed by atoms with Gasteiger partial charge < -0.3 is 14.8 Å². The van der Waals surface area contributed by atoms with E-state index in [0.29, 0.717) is 25.3 Å². The van der Waals surface area contributed by atoms with Gasteiger partial charge in [0.15, 0.2) is 18.2 Å². The van der Waals surface area contributed by atoms with E-state index in [1.165, 1.54) is 24.3 Å². The summed E-state index contributed by atoms with van der Waals surface area (Å²) in [7, 11) is -4.16. The van der Waals surface area contributed by atoms with Gasteiger partial charge in [-0.1, -0.05) is 0 Å². The van der Waals surface area contributed by atoms with Crippen LogP contribution in [0.4, 0.5) is 14.5 Å². The number of rotatable bonds is 8. The van der Waals surface area contributed by atoms with E-state index in [4.69, 9.17) is 9.47 Å². The monoisotopic (exact) mass is 454 g/mol. The van der Waals surface area contributed by atoms with Crippen LogP contribution in [0.25, 0.3) is 0 Å². The molecule has 0 bridgehead atoms. The largest absolute Gasteiger partial charge is 0.452 e. The number of sulfonamides is 1. The molecule has 2 aromatic rings. The van der Waals surface area contributed by atoms with E-state index in [1.807, 2.05) is 0 Å². The third-order valence-corrected chi connectivity index (χ3v) is 5.84. The Morgan fingerprint density at radius 3 is 2.48 bits per heavy atom. The third kappa shape index (κ3) is 6.22. The predicted octanol–water partition coefficient (Wildman–Crippen LogP) is 2.22. The molecule has 0 saturated carbocycles. The number of carbonyl (C=O) groups excluding carboxylic acids is 2. The van der Waals surface area contributed by atoms with Crippen molar-refractivity contribution >= 4 is 27.6 Å². The van der Waals surface area contributed by atoms with E-state index in [1.54, 1.807) is 0 Å². The van der Waals surface area contributed by atoms with Crippen molar-refractivity contribution in [2.75, 3.05) is 24.5 Å². The molecule has 0 unspecified atom stereocenters. The number of anilines is 1. The third-order valence-electron chi connectivity index (χ3n) is 4.46. The maximum Gasteiger partial charge on any atom is 0.338 e. The molecule has 1 fully saturated rings. The van der Waals surface area contributed by atoms with Gasteiger partial charge in [0.1, 0.15) is 0 Å². The lowest BCUT2D eigenvalue weighted by Crippen LogP contribution is -2.34. The van der Waals surface area contributed by atoms with Gasteiger partial charge >= 0.3 is 5.97 Å². The van der Waals surface area contributed by atoms with Crippen LogP contribution in [0, 0.1) is 11.6 Å². The van der Waals surface area contributed by atoms with Gasteiger partial charge in [-0.05, 0) is 55.3 Å². The summed E-state index contributed by atoms with van der Waals surface area (Å²) in [6, 6.07) is 7.39. The van der Waals surface area contributed by atoms with Gasteiger partial charge in [0.25, 0.3) is 15.9 Å². The summed E-state index contributed by atoms with van der Waals surface area (Å²) < 4.78 is 63.3. The SMILES string of the molecule is O=C(COC(=O)c1ccc(NS(=O)(=O)c2ccc(F)c(F)c2)cc1)NC[C@@H]1CCCO1. The Morgan fingerprint density at radius 1 is 1.10 bits per heavy atom. The van der Waals surface area contributed by atoms with Crippen LogP contribution in [-0.4, -0.2) is 46.2 Å². The minimum Gasteiger partial charge on any atom is -0.452 e. The smallest absolute Gasteiger partial charge is 0.338 e. The molecule has 8 nitrogen and oxygen atoms in total. The van der Waals surface area contributed by atoms with Crippen LogP contribution in [0.3, 0.4) is 0 Å². The van der Waals surface area contributed by atoms with Crippen molar-refractivity contribution in [3.05, 3.63) is 59.7 Å². The molecule has 0 radical (unpaired) electrons. The number of halogens is 2. The van der Waals surface area contributed by atoms with Crippen LogP contribution in [0.1, 0.15) is 23.2 Å². The highest BCUT2D eigenvalue weighted by Crippen LogP contribution is 2.19. The minimum absolute atomic E-state index is 0.0256. The topological polar surface area (TPSA) is 111 Å². The molecule has 2 N–H and O–H groups in total. The second-order valence-electron chi connectivity index (χ2n) is 6.77. The molecule has 2 aromatic carbocycles. The first-order valence-corrected chi connectivity index (χ1v) is 10.9. The Morgan fingerprint density at radius 2 is 1.84 bits per heavy atom. The number of amides is 1. The first-order valence-electron chi connectivity index (χ1n) is 9.38. The molecule has 0 spiro atoms. The van der Waals surface area contributed by atoms with Crippen molar-refractivity contribution in [1.82, 2.24) is 5.32 Å². The summed E-state index contributed by atoms with van der Waals surface area (Å²) in [6.07, 6.45) is 1.79. The summed E-state index contributed by atoms with van der Waals surface area (Å²) >= 11 is 0. The first kappa shape index (κ1) is 22.6. The Hall–Kier alpha value is -3.05. The molecule has 11 heteroatoms. The predicted molar refractivity (Wildman–Crippen MR) is 106 cm³/mol. The van der Waals surface area contributed by atoms with Gasteiger partial charge in [0.2, 0.25) is 0 Å². The summed E-state index contributed by atoms with van der Waals surface area (Å²) in [6.45, 7) is 0.557. The summed E-state index contributed by atoms with van der Waals surface area (Å²) in [5.41, 5.74) is 0.193. The fourth-order valence-corrected chi connectivity index (χ4v) is 3.90. The Kier molecular flexibility index (Phi) is 7.18. The van der Waals surface area contributed by atoms with E-state index < -0.39 is 45.0 Å². The van der Waals surface area contributed by atoms with Crippen LogP contribution in [0.15, 0.2) is 47.4 Å². The van der Waals surface area contributed by atoms with Crippen LogP contribution >= 0.6 is 0 Å². The first-order chi connectivity index (χ1) is 14.7. The van der Waals surface area contributed by atoms with Gasteiger partial charge in [-0.3, -0.25) is 9.52 Å². The molecular weight excluding hydrogens is 434 g/mol. The van der Waals surface area contributed by atoms with Crippen molar-refractivity contribution in [2.45, 2.75) is 23.8 Å². The maximum absolute atomic E-state index is 13.3. The fourth-order valence-electron chi connectivity index (χ4n) is 2.83. The number of benzene rings is 2. The number of hydrogen-bond donors (Lipinski definition) is 2. The van der Waals surface area contributed by atoms with Gasteiger partial charge in [0, 0.05) is 18.8 Å². The van der Waals surface area contributed by atoms with Crippen molar-refractivity contribution in [3.8, 4) is 0 Å². The zero-order valence-corrected chi connectivity index (χ0v) is 17.1. The molecular formula is C20H20F2N2O6S. The molecule has 0 aromatic heterocycles. The highest BCUT2D eigenvalue weighted by Gasteiger charge is 2.18. The molecule has 1 aliphatic heterocycles. The second-order valence-corrected chi connectivity index (χ2v) is 8.46.